The zero-order valence-corrected chi connectivity index (χ0v) is 21.4. The van der Waals surface area contributed by atoms with Crippen LogP contribution in [0.2, 0.25) is 0 Å². The first-order valence-corrected chi connectivity index (χ1v) is 12.6. The molecule has 0 spiro atoms. The molecule has 1 heterocycles. The van der Waals surface area contributed by atoms with Gasteiger partial charge in [-0.05, 0) is 18.6 Å². The van der Waals surface area contributed by atoms with Crippen LogP contribution in [0.1, 0.15) is 64.1 Å². The molecule has 12 nitrogen and oxygen atoms in total. The van der Waals surface area contributed by atoms with Crippen molar-refractivity contribution >= 4 is 17.3 Å². The number of hydrogen-bond donors (Lipinski definition) is 6. The smallest absolute Gasteiger partial charge is 0.200 e. The molecule has 5 rings (SSSR count). The number of fused-ring (bicyclic) bond motifs is 2. The van der Waals surface area contributed by atoms with E-state index in [4.69, 9.17) is 19.9 Å². The first-order valence-electron chi connectivity index (χ1n) is 12.6. The number of carbonyl (C=O) groups is 3. The Kier molecular flexibility index (Phi) is 6.89. The summed E-state index contributed by atoms with van der Waals surface area (Å²) in [6, 6.07) is 0.657. The molecule has 4 aliphatic rings. The maximum Gasteiger partial charge on any atom is 0.200 e. The number of rotatable bonds is 5. The Morgan fingerprint density at radius 1 is 1.26 bits per heavy atom. The molecular weight excluding hydrogens is 514 g/mol. The van der Waals surface area contributed by atoms with Crippen LogP contribution in [0.4, 0.5) is 0 Å². The highest BCUT2D eigenvalue weighted by molar-refractivity contribution is 6.30. The van der Waals surface area contributed by atoms with E-state index in [1.54, 1.807) is 6.92 Å². The van der Waals surface area contributed by atoms with Gasteiger partial charge in [0.1, 0.15) is 18.0 Å². The van der Waals surface area contributed by atoms with Crippen molar-refractivity contribution in [3.63, 3.8) is 0 Å². The van der Waals surface area contributed by atoms with Crippen molar-refractivity contribution in [2.45, 2.75) is 74.6 Å². The SMILES string of the molecule is COC1(O)CC=CC2=C1C(=O)c1cc3c(c(O)c1C2=O)C[C@@](O)(C(=O)CO)CC3O[C@H]1C[C@H](N)[C@H](O)[C@H](C)O1. The van der Waals surface area contributed by atoms with E-state index in [9.17, 15) is 39.9 Å². The second kappa shape index (κ2) is 9.68. The Labute approximate surface area is 223 Å². The quantitative estimate of drug-likeness (QED) is 0.259. The third-order valence-electron chi connectivity index (χ3n) is 8.13. The van der Waals surface area contributed by atoms with E-state index in [1.807, 2.05) is 0 Å². The molecule has 7 atom stereocenters. The van der Waals surface area contributed by atoms with E-state index in [-0.39, 0.29) is 52.7 Å². The average Bonchev–Trinajstić information content (AvgIpc) is 2.90. The number of hydrogen-bond acceptors (Lipinski definition) is 12. The van der Waals surface area contributed by atoms with Gasteiger partial charge in [0.25, 0.3) is 0 Å². The standard InChI is InChI=1S/C27H31NO11/c1-11-22(31)16(28)7-19(38-11)39-17-9-26(35,18(30)10-29)8-15-13(17)6-14-20(24(15)33)23(32)12-4-3-5-27(36,37-2)21(12)25(14)34/h3-4,6,11,16-17,19,22,29,31,33,35-36H,5,7-10,28H2,1-2H3/t11-,16-,17?,19-,22+,26-,27?/m0/s1. The number of aromatic hydroxyl groups is 1. The fourth-order valence-corrected chi connectivity index (χ4v) is 5.91. The first kappa shape index (κ1) is 27.7. The Morgan fingerprint density at radius 3 is 2.62 bits per heavy atom. The lowest BCUT2D eigenvalue weighted by molar-refractivity contribution is -0.247. The fraction of sp³-hybridized carbons (Fsp3) is 0.519. The monoisotopic (exact) mass is 545 g/mol. The van der Waals surface area contributed by atoms with Crippen LogP contribution in [-0.4, -0.2) is 92.5 Å². The second-order valence-electron chi connectivity index (χ2n) is 10.5. The number of aliphatic hydroxyl groups is 4. The van der Waals surface area contributed by atoms with Crippen LogP contribution >= 0.6 is 0 Å². The van der Waals surface area contributed by atoms with Crippen LogP contribution in [0.3, 0.4) is 0 Å². The lowest BCUT2D eigenvalue weighted by Gasteiger charge is -2.42. The number of ether oxygens (including phenoxy) is 3. The molecule has 210 valence electrons. The van der Waals surface area contributed by atoms with E-state index in [0.717, 1.165) is 0 Å². The summed E-state index contributed by atoms with van der Waals surface area (Å²) < 4.78 is 17.0. The van der Waals surface area contributed by atoms with Crippen LogP contribution in [0.25, 0.3) is 0 Å². The van der Waals surface area contributed by atoms with Crippen molar-refractivity contribution < 1.29 is 54.1 Å². The summed E-state index contributed by atoms with van der Waals surface area (Å²) in [6.07, 6.45) is -1.71. The Hall–Kier alpha value is -2.81. The minimum Gasteiger partial charge on any atom is -0.507 e. The highest BCUT2D eigenvalue weighted by Crippen LogP contribution is 2.49. The number of Topliss-reactive ketones (excluding diaryl/α,β-unsaturated/α-hetero) is 3. The Morgan fingerprint density at radius 2 is 1.97 bits per heavy atom. The number of benzene rings is 1. The number of nitrogens with two attached hydrogens (primary N) is 1. The Balaban J connectivity index is 1.63. The zero-order valence-electron chi connectivity index (χ0n) is 21.4. The van der Waals surface area contributed by atoms with Crippen molar-refractivity contribution in [3.05, 3.63) is 51.6 Å². The third-order valence-corrected chi connectivity index (χ3v) is 8.13. The molecule has 1 fully saturated rings. The summed E-state index contributed by atoms with van der Waals surface area (Å²) in [5, 5.41) is 53.2. The molecule has 0 radical (unpaired) electrons. The minimum atomic E-state index is -2.16. The second-order valence-corrected chi connectivity index (χ2v) is 10.5. The van der Waals surface area contributed by atoms with E-state index < -0.39 is 78.2 Å². The average molecular weight is 546 g/mol. The van der Waals surface area contributed by atoms with Gasteiger partial charge in [0.15, 0.2) is 29.4 Å². The van der Waals surface area contributed by atoms with Gasteiger partial charge in [-0.3, -0.25) is 14.4 Å². The normalized spacial score (nSPS) is 35.9. The largest absolute Gasteiger partial charge is 0.507 e. The van der Waals surface area contributed by atoms with Crippen LogP contribution < -0.4 is 5.73 Å². The van der Waals surface area contributed by atoms with Gasteiger partial charge in [0.2, 0.25) is 0 Å². The van der Waals surface area contributed by atoms with E-state index >= 15 is 0 Å². The molecule has 0 aromatic heterocycles. The zero-order chi connectivity index (χ0) is 28.4. The van der Waals surface area contributed by atoms with Crippen LogP contribution in [0, 0.1) is 0 Å². The van der Waals surface area contributed by atoms with Crippen molar-refractivity contribution in [3.8, 4) is 5.75 Å². The molecule has 1 saturated heterocycles. The van der Waals surface area contributed by atoms with Gasteiger partial charge in [0.05, 0.1) is 29.4 Å². The predicted molar refractivity (Wildman–Crippen MR) is 132 cm³/mol. The van der Waals surface area contributed by atoms with E-state index in [1.165, 1.54) is 25.3 Å². The molecule has 0 saturated carbocycles. The number of phenols is 1. The van der Waals surface area contributed by atoms with Gasteiger partial charge in [-0.1, -0.05) is 12.2 Å². The highest BCUT2D eigenvalue weighted by atomic mass is 16.7. The molecule has 3 aliphatic carbocycles. The first-order chi connectivity index (χ1) is 18.3. The van der Waals surface area contributed by atoms with E-state index in [0.29, 0.717) is 0 Å². The van der Waals surface area contributed by atoms with Gasteiger partial charge in [0, 0.05) is 55.5 Å². The van der Waals surface area contributed by atoms with Crippen molar-refractivity contribution in [1.82, 2.24) is 0 Å². The third kappa shape index (κ3) is 4.28. The molecule has 2 unspecified atom stereocenters. The highest BCUT2D eigenvalue weighted by Gasteiger charge is 2.50. The Bertz CT molecular complexity index is 1310. The topological polar surface area (TPSA) is 206 Å². The predicted octanol–water partition coefficient (Wildman–Crippen LogP) is -0.518. The van der Waals surface area contributed by atoms with Gasteiger partial charge in [-0.2, -0.15) is 0 Å². The summed E-state index contributed by atoms with van der Waals surface area (Å²) in [5.74, 6) is -5.06. The van der Waals surface area contributed by atoms with Gasteiger partial charge >= 0.3 is 0 Å². The fourth-order valence-electron chi connectivity index (χ4n) is 5.91. The van der Waals surface area contributed by atoms with Crippen LogP contribution in [0.5, 0.6) is 5.75 Å². The maximum atomic E-state index is 13.7. The molecule has 12 heteroatoms. The maximum absolute atomic E-state index is 13.7. The summed E-state index contributed by atoms with van der Waals surface area (Å²) in [4.78, 5) is 39.8. The molecule has 0 bridgehead atoms. The van der Waals surface area contributed by atoms with Gasteiger partial charge in [-0.25, -0.2) is 0 Å². The number of carbonyl (C=O) groups excluding carboxylic acids is 3. The van der Waals surface area contributed by atoms with Crippen molar-refractivity contribution in [2.24, 2.45) is 5.73 Å². The molecule has 0 amide bonds. The molecule has 7 N–H and O–H groups in total. The number of allylic oxidation sites excluding steroid dienone is 2. The van der Waals surface area contributed by atoms with E-state index in [2.05, 4.69) is 0 Å². The van der Waals surface area contributed by atoms with Crippen LogP contribution in [-0.2, 0) is 25.4 Å². The summed E-state index contributed by atoms with van der Waals surface area (Å²) >= 11 is 0. The number of ketones is 3. The molecular formula is C27H31NO11. The summed E-state index contributed by atoms with van der Waals surface area (Å²) in [6.45, 7) is 0.625. The minimum absolute atomic E-state index is 0.00511. The van der Waals surface area contributed by atoms with Crippen molar-refractivity contribution in [2.75, 3.05) is 13.7 Å². The number of aliphatic hydroxyl groups excluding tert-OH is 2. The van der Waals surface area contributed by atoms with Gasteiger partial charge in [-0.15, -0.1) is 0 Å². The summed E-state index contributed by atoms with van der Waals surface area (Å²) in [5.41, 5.74) is 3.14. The lowest BCUT2D eigenvalue weighted by atomic mass is 9.71. The van der Waals surface area contributed by atoms with Crippen LogP contribution in [0.15, 0.2) is 29.4 Å². The lowest BCUT2D eigenvalue weighted by Crippen LogP contribution is -2.53. The molecule has 1 aromatic rings. The summed E-state index contributed by atoms with van der Waals surface area (Å²) in [7, 11) is 1.21. The molecule has 1 aromatic carbocycles. The molecule has 1 aliphatic heterocycles. The molecule has 39 heavy (non-hydrogen) atoms. The number of phenolic OH excluding ortho intramolecular Hbond substituents is 1. The number of methoxy groups -OCH3 is 1. The van der Waals surface area contributed by atoms with Crippen molar-refractivity contribution in [1.29, 1.82) is 0 Å². The van der Waals surface area contributed by atoms with Gasteiger partial charge < -0.3 is 45.5 Å².